The maximum Gasteiger partial charge on any atom is 0.150 e. The second kappa shape index (κ2) is 6.16. The molecule has 1 atom stereocenters. The van der Waals surface area contributed by atoms with E-state index < -0.39 is 0 Å². The normalized spacial score (nSPS) is 12.6. The van der Waals surface area contributed by atoms with E-state index in [0.29, 0.717) is 6.04 Å². The van der Waals surface area contributed by atoms with Crippen LogP contribution in [0.25, 0.3) is 0 Å². The first-order valence-corrected chi connectivity index (χ1v) is 6.83. The van der Waals surface area contributed by atoms with Crippen molar-refractivity contribution >= 4 is 15.9 Å². The summed E-state index contributed by atoms with van der Waals surface area (Å²) < 4.78 is 6.28. The molecule has 96 valence electrons. The van der Waals surface area contributed by atoms with Crippen molar-refractivity contribution in [2.24, 2.45) is 0 Å². The Kier molecular flexibility index (Phi) is 4.55. The second-order valence-corrected chi connectivity index (χ2v) is 5.46. The van der Waals surface area contributed by atoms with E-state index in [1.807, 2.05) is 13.0 Å². The average molecular weight is 309 g/mol. The molecule has 0 saturated carbocycles. The van der Waals surface area contributed by atoms with Crippen LogP contribution in [0.2, 0.25) is 0 Å². The Morgan fingerprint density at radius 2 is 2.06 bits per heavy atom. The van der Waals surface area contributed by atoms with E-state index in [2.05, 4.69) is 57.6 Å². The average Bonchev–Trinajstić information content (AvgIpc) is 2.76. The minimum absolute atomic E-state index is 0.400. The topological polar surface area (TPSA) is 38.1 Å². The highest BCUT2D eigenvalue weighted by molar-refractivity contribution is 9.10. The Hall–Kier alpha value is -1.13. The lowest BCUT2D eigenvalue weighted by molar-refractivity contribution is 0.362. The number of halogens is 1. The van der Waals surface area contributed by atoms with Crippen LogP contribution in [0.5, 0.6) is 0 Å². The smallest absolute Gasteiger partial charge is 0.150 e. The highest BCUT2D eigenvalue weighted by atomic mass is 79.9. The summed E-state index contributed by atoms with van der Waals surface area (Å²) in [6, 6.07) is 10.8. The van der Waals surface area contributed by atoms with Crippen LogP contribution in [0.1, 0.15) is 23.9 Å². The van der Waals surface area contributed by atoms with Crippen molar-refractivity contribution < 1.29 is 4.52 Å². The molecule has 18 heavy (non-hydrogen) atoms. The van der Waals surface area contributed by atoms with Gasteiger partial charge in [0, 0.05) is 16.6 Å². The summed E-state index contributed by atoms with van der Waals surface area (Å²) >= 11 is 3.44. The van der Waals surface area contributed by atoms with Gasteiger partial charge in [-0.25, -0.2) is 0 Å². The maximum atomic E-state index is 5.16. The molecule has 0 aliphatic rings. The molecule has 1 N–H and O–H groups in total. The fourth-order valence-electron chi connectivity index (χ4n) is 1.82. The summed E-state index contributed by atoms with van der Waals surface area (Å²) in [6.45, 7) is 4.82. The lowest BCUT2D eigenvalue weighted by Crippen LogP contribution is -2.27. The number of hydrogen-bond donors (Lipinski definition) is 1. The van der Waals surface area contributed by atoms with Crippen molar-refractivity contribution in [3.05, 3.63) is 51.8 Å². The monoisotopic (exact) mass is 308 g/mol. The van der Waals surface area contributed by atoms with Crippen molar-refractivity contribution in [1.82, 2.24) is 10.5 Å². The summed E-state index contributed by atoms with van der Waals surface area (Å²) in [4.78, 5) is 0. The van der Waals surface area contributed by atoms with E-state index in [1.165, 1.54) is 5.56 Å². The molecule has 1 aromatic heterocycles. The largest absolute Gasteiger partial charge is 0.360 e. The minimum atomic E-state index is 0.400. The van der Waals surface area contributed by atoms with Crippen LogP contribution in [0.3, 0.4) is 0 Å². The molecule has 2 rings (SSSR count). The number of aromatic nitrogens is 1. The van der Waals surface area contributed by atoms with Crippen molar-refractivity contribution in [3.63, 3.8) is 0 Å². The van der Waals surface area contributed by atoms with E-state index in [0.717, 1.165) is 28.9 Å². The van der Waals surface area contributed by atoms with Gasteiger partial charge in [-0.3, -0.25) is 0 Å². The quantitative estimate of drug-likeness (QED) is 0.919. The highest BCUT2D eigenvalue weighted by Crippen LogP contribution is 2.12. The third kappa shape index (κ3) is 3.96. The first-order valence-electron chi connectivity index (χ1n) is 6.03. The number of rotatable bonds is 5. The summed E-state index contributed by atoms with van der Waals surface area (Å²) in [5.74, 6) is 0.884. The third-order valence-electron chi connectivity index (χ3n) is 2.76. The van der Waals surface area contributed by atoms with Crippen molar-refractivity contribution in [2.45, 2.75) is 32.9 Å². The number of aryl methyl sites for hydroxylation is 1. The molecule has 0 fully saturated rings. The second-order valence-electron chi connectivity index (χ2n) is 4.55. The Labute approximate surface area is 116 Å². The van der Waals surface area contributed by atoms with Crippen LogP contribution in [0.15, 0.2) is 39.3 Å². The van der Waals surface area contributed by atoms with E-state index >= 15 is 0 Å². The molecular formula is C14H17BrN2O. The number of hydrogen-bond acceptors (Lipinski definition) is 3. The lowest BCUT2D eigenvalue weighted by Gasteiger charge is -2.12. The maximum absolute atomic E-state index is 5.16. The third-order valence-corrected chi connectivity index (χ3v) is 3.29. The molecule has 1 unspecified atom stereocenters. The molecule has 0 bridgehead atoms. The van der Waals surface area contributed by atoms with Gasteiger partial charge in [0.25, 0.3) is 0 Å². The molecule has 0 saturated heterocycles. The van der Waals surface area contributed by atoms with Gasteiger partial charge in [0.05, 0.1) is 12.2 Å². The van der Waals surface area contributed by atoms with Crippen molar-refractivity contribution in [3.8, 4) is 0 Å². The SMILES string of the molecule is Cc1cc(CNC(C)Cc2ccc(Br)cc2)on1. The number of benzene rings is 1. The van der Waals surface area contributed by atoms with Gasteiger partial charge < -0.3 is 9.84 Å². The summed E-state index contributed by atoms with van der Waals surface area (Å²) in [6.07, 6.45) is 1.00. The van der Waals surface area contributed by atoms with Gasteiger partial charge >= 0.3 is 0 Å². The predicted octanol–water partition coefficient (Wildman–Crippen LogP) is 3.47. The Morgan fingerprint density at radius 3 is 2.67 bits per heavy atom. The van der Waals surface area contributed by atoms with Gasteiger partial charge in [0.1, 0.15) is 0 Å². The molecule has 1 aromatic carbocycles. The van der Waals surface area contributed by atoms with Crippen molar-refractivity contribution in [1.29, 1.82) is 0 Å². The summed E-state index contributed by atoms with van der Waals surface area (Å²) in [5, 5.41) is 7.30. The molecular weight excluding hydrogens is 292 g/mol. The van der Waals surface area contributed by atoms with Crippen LogP contribution in [-0.4, -0.2) is 11.2 Å². The van der Waals surface area contributed by atoms with Crippen molar-refractivity contribution in [2.75, 3.05) is 0 Å². The summed E-state index contributed by atoms with van der Waals surface area (Å²) in [7, 11) is 0. The zero-order chi connectivity index (χ0) is 13.0. The van der Waals surface area contributed by atoms with Gasteiger partial charge in [-0.15, -0.1) is 0 Å². The molecule has 4 heteroatoms. The fourth-order valence-corrected chi connectivity index (χ4v) is 2.08. The van der Waals surface area contributed by atoms with Crippen LogP contribution in [0, 0.1) is 6.92 Å². The molecule has 1 heterocycles. The fraction of sp³-hybridized carbons (Fsp3) is 0.357. The van der Waals surface area contributed by atoms with E-state index in [1.54, 1.807) is 0 Å². The first-order chi connectivity index (χ1) is 8.63. The van der Waals surface area contributed by atoms with Gasteiger partial charge in [-0.2, -0.15) is 0 Å². The van der Waals surface area contributed by atoms with Crippen LogP contribution in [-0.2, 0) is 13.0 Å². The van der Waals surface area contributed by atoms with Crippen LogP contribution in [0.4, 0.5) is 0 Å². The van der Waals surface area contributed by atoms with E-state index in [4.69, 9.17) is 4.52 Å². The van der Waals surface area contributed by atoms with Gasteiger partial charge in [0.15, 0.2) is 5.76 Å². The lowest BCUT2D eigenvalue weighted by atomic mass is 10.1. The Bertz CT molecular complexity index is 493. The predicted molar refractivity (Wildman–Crippen MR) is 75.4 cm³/mol. The zero-order valence-corrected chi connectivity index (χ0v) is 12.2. The molecule has 3 nitrogen and oxygen atoms in total. The molecule has 0 amide bonds. The van der Waals surface area contributed by atoms with Gasteiger partial charge in [-0.1, -0.05) is 33.2 Å². The van der Waals surface area contributed by atoms with Gasteiger partial charge in [0.2, 0.25) is 0 Å². The standard InChI is InChI=1S/C14H17BrN2O/c1-10(7-12-3-5-13(15)6-4-12)16-9-14-8-11(2)17-18-14/h3-6,8,10,16H,7,9H2,1-2H3. The minimum Gasteiger partial charge on any atom is -0.360 e. The van der Waals surface area contributed by atoms with E-state index in [9.17, 15) is 0 Å². The number of nitrogens with one attached hydrogen (secondary N) is 1. The number of nitrogens with zero attached hydrogens (tertiary/aromatic N) is 1. The van der Waals surface area contributed by atoms with E-state index in [-0.39, 0.29) is 0 Å². The molecule has 0 aliphatic heterocycles. The highest BCUT2D eigenvalue weighted by Gasteiger charge is 2.05. The molecule has 0 spiro atoms. The van der Waals surface area contributed by atoms with Gasteiger partial charge in [-0.05, 0) is 38.0 Å². The zero-order valence-electron chi connectivity index (χ0n) is 10.6. The van der Waals surface area contributed by atoms with Crippen LogP contribution >= 0.6 is 15.9 Å². The molecule has 2 aromatic rings. The molecule has 0 radical (unpaired) electrons. The Balaban J connectivity index is 1.81. The Morgan fingerprint density at radius 1 is 1.33 bits per heavy atom. The van der Waals surface area contributed by atoms with Crippen LogP contribution < -0.4 is 5.32 Å². The first kappa shape index (κ1) is 13.3. The summed E-state index contributed by atoms with van der Waals surface area (Å²) in [5.41, 5.74) is 2.25. The molecule has 0 aliphatic carbocycles.